The van der Waals surface area contributed by atoms with Gasteiger partial charge in [0, 0.05) is 40.9 Å². The van der Waals surface area contributed by atoms with Gasteiger partial charge in [0.25, 0.3) is 0 Å². The summed E-state index contributed by atoms with van der Waals surface area (Å²) < 4.78 is 1.99. The predicted octanol–water partition coefficient (Wildman–Crippen LogP) is 3.56. The van der Waals surface area contributed by atoms with Crippen molar-refractivity contribution in [2.45, 2.75) is 30.7 Å². The Morgan fingerprint density at radius 2 is 2.19 bits per heavy atom. The lowest BCUT2D eigenvalue weighted by Crippen LogP contribution is -2.30. The van der Waals surface area contributed by atoms with E-state index in [1.165, 1.54) is 10.6 Å². The molecule has 0 bridgehead atoms. The maximum Gasteiger partial charge on any atom is 0.0624 e. The number of rotatable bonds is 7. The number of halogens is 1. The van der Waals surface area contributed by atoms with Gasteiger partial charge in [-0.1, -0.05) is 24.6 Å². The van der Waals surface area contributed by atoms with E-state index in [9.17, 15) is 0 Å². The molecule has 0 saturated carbocycles. The molecule has 1 heterocycles. The van der Waals surface area contributed by atoms with E-state index in [1.54, 1.807) is 0 Å². The Morgan fingerprint density at radius 3 is 2.81 bits per heavy atom. The van der Waals surface area contributed by atoms with Crippen molar-refractivity contribution in [1.29, 1.82) is 0 Å². The van der Waals surface area contributed by atoms with Crippen LogP contribution in [0.25, 0.3) is 0 Å². The zero-order valence-electron chi connectivity index (χ0n) is 12.8. The molecule has 114 valence electrons. The summed E-state index contributed by atoms with van der Waals surface area (Å²) in [5, 5.41) is 8.70. The Labute approximate surface area is 136 Å². The highest BCUT2D eigenvalue weighted by atomic mass is 35.5. The number of nitrogens with one attached hydrogen (secondary N) is 1. The molecule has 1 unspecified atom stereocenters. The molecule has 2 aromatic rings. The molecule has 2 rings (SSSR count). The van der Waals surface area contributed by atoms with E-state index in [1.807, 2.05) is 48.7 Å². The van der Waals surface area contributed by atoms with Crippen LogP contribution < -0.4 is 5.32 Å². The average molecular weight is 324 g/mol. The number of aryl methyl sites for hydroxylation is 2. The predicted molar refractivity (Wildman–Crippen MR) is 91.3 cm³/mol. The third kappa shape index (κ3) is 4.77. The largest absolute Gasteiger partial charge is 0.316 e. The van der Waals surface area contributed by atoms with Crippen molar-refractivity contribution >= 4 is 23.4 Å². The molecule has 1 aromatic carbocycles. The van der Waals surface area contributed by atoms with E-state index < -0.39 is 0 Å². The molecule has 0 aliphatic heterocycles. The Bertz CT molecular complexity index is 583. The van der Waals surface area contributed by atoms with E-state index in [2.05, 4.69) is 29.5 Å². The van der Waals surface area contributed by atoms with Crippen LogP contribution in [0.3, 0.4) is 0 Å². The van der Waals surface area contributed by atoms with E-state index in [0.29, 0.717) is 6.04 Å². The molecule has 1 atom stereocenters. The molecular weight excluding hydrogens is 302 g/mol. The minimum atomic E-state index is 0.411. The molecule has 3 nitrogen and oxygen atoms in total. The number of aromatic nitrogens is 2. The van der Waals surface area contributed by atoms with Crippen LogP contribution in [0.5, 0.6) is 0 Å². The third-order valence-electron chi connectivity index (χ3n) is 3.50. The number of hydrogen-bond acceptors (Lipinski definition) is 3. The fourth-order valence-corrected chi connectivity index (χ4v) is 3.50. The zero-order valence-corrected chi connectivity index (χ0v) is 14.3. The van der Waals surface area contributed by atoms with Gasteiger partial charge in [-0.3, -0.25) is 4.68 Å². The SMILES string of the molecule is CCc1cc(CC(CSc2cccc(Cl)c2)NC)n(C)n1. The minimum Gasteiger partial charge on any atom is -0.316 e. The summed E-state index contributed by atoms with van der Waals surface area (Å²) in [7, 11) is 4.03. The monoisotopic (exact) mass is 323 g/mol. The van der Waals surface area contributed by atoms with E-state index in [4.69, 9.17) is 11.6 Å². The summed E-state index contributed by atoms with van der Waals surface area (Å²) in [6, 6.07) is 10.6. The first-order chi connectivity index (χ1) is 10.1. The fraction of sp³-hybridized carbons (Fsp3) is 0.438. The normalized spacial score (nSPS) is 12.6. The zero-order chi connectivity index (χ0) is 15.2. The number of benzene rings is 1. The Kier molecular flexibility index (Phi) is 6.15. The van der Waals surface area contributed by atoms with Gasteiger partial charge in [-0.15, -0.1) is 11.8 Å². The van der Waals surface area contributed by atoms with E-state index >= 15 is 0 Å². The summed E-state index contributed by atoms with van der Waals surface area (Å²) in [4.78, 5) is 1.21. The fourth-order valence-electron chi connectivity index (χ4n) is 2.19. The van der Waals surface area contributed by atoms with Crippen molar-refractivity contribution in [1.82, 2.24) is 15.1 Å². The Hall–Kier alpha value is -0.970. The standard InChI is InChI=1S/C16H22ClN3S/c1-4-13-9-15(20(3)19-13)10-14(18-2)11-21-16-7-5-6-12(17)8-16/h5-9,14,18H,4,10-11H2,1-3H3. The van der Waals surface area contributed by atoms with Crippen LogP contribution in [0, 0.1) is 0 Å². The molecule has 1 aromatic heterocycles. The van der Waals surface area contributed by atoms with Gasteiger partial charge in [0.15, 0.2) is 0 Å². The van der Waals surface area contributed by atoms with Crippen molar-refractivity contribution in [2.24, 2.45) is 7.05 Å². The number of hydrogen-bond donors (Lipinski definition) is 1. The second-order valence-corrected chi connectivity index (χ2v) is 6.59. The van der Waals surface area contributed by atoms with Gasteiger partial charge in [0.05, 0.1) is 5.69 Å². The van der Waals surface area contributed by atoms with Crippen LogP contribution in [0.1, 0.15) is 18.3 Å². The summed E-state index contributed by atoms with van der Waals surface area (Å²) in [6.07, 6.45) is 1.96. The maximum atomic E-state index is 6.02. The Balaban J connectivity index is 1.95. The lowest BCUT2D eigenvalue weighted by Gasteiger charge is -2.16. The summed E-state index contributed by atoms with van der Waals surface area (Å²) >= 11 is 7.85. The molecule has 0 radical (unpaired) electrons. The highest BCUT2D eigenvalue weighted by Crippen LogP contribution is 2.23. The molecule has 0 aliphatic rings. The average Bonchev–Trinajstić information content (AvgIpc) is 2.84. The number of thioether (sulfide) groups is 1. The van der Waals surface area contributed by atoms with E-state index in [0.717, 1.165) is 29.3 Å². The van der Waals surface area contributed by atoms with Crippen molar-refractivity contribution < 1.29 is 0 Å². The van der Waals surface area contributed by atoms with Gasteiger partial charge in [-0.25, -0.2) is 0 Å². The molecule has 1 N–H and O–H groups in total. The highest BCUT2D eigenvalue weighted by molar-refractivity contribution is 7.99. The summed E-state index contributed by atoms with van der Waals surface area (Å²) in [5.41, 5.74) is 2.43. The molecule has 21 heavy (non-hydrogen) atoms. The molecule has 0 aliphatic carbocycles. The van der Waals surface area contributed by atoms with Crippen LogP contribution in [-0.4, -0.2) is 28.6 Å². The minimum absolute atomic E-state index is 0.411. The van der Waals surface area contributed by atoms with Crippen LogP contribution >= 0.6 is 23.4 Å². The van der Waals surface area contributed by atoms with Crippen LogP contribution in [0.2, 0.25) is 5.02 Å². The van der Waals surface area contributed by atoms with Gasteiger partial charge < -0.3 is 5.32 Å². The summed E-state index contributed by atoms with van der Waals surface area (Å²) in [6.45, 7) is 2.14. The van der Waals surface area contributed by atoms with E-state index in [-0.39, 0.29) is 0 Å². The summed E-state index contributed by atoms with van der Waals surface area (Å²) in [5.74, 6) is 1.00. The Morgan fingerprint density at radius 1 is 1.38 bits per heavy atom. The van der Waals surface area contributed by atoms with Crippen LogP contribution in [-0.2, 0) is 19.9 Å². The molecule has 5 heteroatoms. The van der Waals surface area contributed by atoms with Gasteiger partial charge in [-0.2, -0.15) is 5.10 Å². The first-order valence-electron chi connectivity index (χ1n) is 7.19. The second-order valence-electron chi connectivity index (χ2n) is 5.06. The topological polar surface area (TPSA) is 29.9 Å². The van der Waals surface area contributed by atoms with Gasteiger partial charge in [-0.05, 0) is 37.7 Å². The molecular formula is C16H22ClN3S. The van der Waals surface area contributed by atoms with Crippen molar-refractivity contribution in [3.05, 3.63) is 46.7 Å². The second kappa shape index (κ2) is 7.87. The van der Waals surface area contributed by atoms with Crippen molar-refractivity contribution in [2.75, 3.05) is 12.8 Å². The number of likely N-dealkylation sites (N-methyl/N-ethyl adjacent to an activating group) is 1. The first kappa shape index (κ1) is 16.4. The van der Waals surface area contributed by atoms with Gasteiger partial charge in [0.1, 0.15) is 0 Å². The van der Waals surface area contributed by atoms with Crippen molar-refractivity contribution in [3.63, 3.8) is 0 Å². The highest BCUT2D eigenvalue weighted by Gasteiger charge is 2.12. The maximum absolute atomic E-state index is 6.02. The lowest BCUT2D eigenvalue weighted by atomic mass is 10.1. The molecule has 0 spiro atoms. The smallest absolute Gasteiger partial charge is 0.0624 e. The molecule has 0 amide bonds. The van der Waals surface area contributed by atoms with Gasteiger partial charge >= 0.3 is 0 Å². The first-order valence-corrected chi connectivity index (χ1v) is 8.56. The van der Waals surface area contributed by atoms with Gasteiger partial charge in [0.2, 0.25) is 0 Å². The van der Waals surface area contributed by atoms with Crippen LogP contribution in [0.4, 0.5) is 0 Å². The third-order valence-corrected chi connectivity index (χ3v) is 4.89. The molecule has 0 fully saturated rings. The van der Waals surface area contributed by atoms with Crippen molar-refractivity contribution in [3.8, 4) is 0 Å². The lowest BCUT2D eigenvalue weighted by molar-refractivity contribution is 0.581. The molecule has 0 saturated heterocycles. The number of nitrogens with zero attached hydrogens (tertiary/aromatic N) is 2. The quantitative estimate of drug-likeness (QED) is 0.790. The van der Waals surface area contributed by atoms with Crippen LogP contribution in [0.15, 0.2) is 35.2 Å².